The van der Waals surface area contributed by atoms with Gasteiger partial charge in [0.25, 0.3) is 0 Å². The fraction of sp³-hybridized carbons (Fsp3) is 0.273. The number of nitrogens with one attached hydrogen (secondary N) is 1. The van der Waals surface area contributed by atoms with Gasteiger partial charge in [0, 0.05) is 13.0 Å². The Kier molecular flexibility index (Phi) is 4.46. The minimum Gasteiger partial charge on any atom is -0.493 e. The maximum atomic E-state index is 11.2. The minimum absolute atomic E-state index is 0.0424. The molecule has 0 aliphatic rings. The number of nitro benzene ring substituents is 1. The topological polar surface area (TPSA) is 128 Å². The Balaban J connectivity index is 3.78. The average molecular weight is 284 g/mol. The van der Waals surface area contributed by atoms with E-state index >= 15 is 0 Å². The van der Waals surface area contributed by atoms with Crippen molar-refractivity contribution in [3.8, 4) is 11.5 Å². The van der Waals surface area contributed by atoms with E-state index in [0.29, 0.717) is 0 Å². The molecule has 0 spiro atoms. The lowest BCUT2D eigenvalue weighted by atomic mass is 10.1. The highest BCUT2D eigenvalue weighted by atomic mass is 16.6. The van der Waals surface area contributed by atoms with Crippen LogP contribution in [0.1, 0.15) is 17.3 Å². The van der Waals surface area contributed by atoms with Crippen LogP contribution >= 0.6 is 0 Å². The van der Waals surface area contributed by atoms with Gasteiger partial charge in [0.1, 0.15) is 5.56 Å². The number of nitrogens with zero attached hydrogens (tertiary/aromatic N) is 1. The number of hydrogen-bond acceptors (Lipinski definition) is 6. The van der Waals surface area contributed by atoms with Gasteiger partial charge >= 0.3 is 11.7 Å². The van der Waals surface area contributed by atoms with Gasteiger partial charge in [0.15, 0.2) is 17.2 Å². The number of hydrogen-bond donors (Lipinski definition) is 2. The van der Waals surface area contributed by atoms with Crippen LogP contribution in [0.5, 0.6) is 11.5 Å². The largest absolute Gasteiger partial charge is 0.493 e. The normalized spacial score (nSPS) is 9.75. The Bertz CT molecular complexity index is 583. The van der Waals surface area contributed by atoms with E-state index < -0.39 is 28.1 Å². The van der Waals surface area contributed by atoms with E-state index in [2.05, 4.69) is 5.32 Å². The summed E-state index contributed by atoms with van der Waals surface area (Å²) in [7, 11) is 2.46. The van der Waals surface area contributed by atoms with Crippen LogP contribution in [-0.4, -0.2) is 36.1 Å². The van der Waals surface area contributed by atoms with E-state index in [-0.39, 0.29) is 17.2 Å². The summed E-state index contributed by atoms with van der Waals surface area (Å²) in [5.41, 5.74) is -1.75. The summed E-state index contributed by atoms with van der Waals surface area (Å²) in [4.78, 5) is 32.5. The van der Waals surface area contributed by atoms with Gasteiger partial charge in [-0.2, -0.15) is 0 Å². The molecule has 0 unspecified atom stereocenters. The van der Waals surface area contributed by atoms with Crippen molar-refractivity contribution in [1.29, 1.82) is 0 Å². The molecule has 0 saturated heterocycles. The average Bonchev–Trinajstić information content (AvgIpc) is 2.35. The molecule has 2 N–H and O–H groups in total. The highest BCUT2D eigenvalue weighted by molar-refractivity contribution is 6.02. The first-order valence-corrected chi connectivity index (χ1v) is 5.27. The third-order valence-corrected chi connectivity index (χ3v) is 2.36. The second-order valence-electron chi connectivity index (χ2n) is 3.63. The molecular weight excluding hydrogens is 272 g/mol. The highest BCUT2D eigenvalue weighted by Crippen LogP contribution is 2.44. The Morgan fingerprint density at radius 1 is 1.35 bits per heavy atom. The molecule has 0 saturated carbocycles. The molecule has 0 radical (unpaired) electrons. The Morgan fingerprint density at radius 2 is 1.95 bits per heavy atom. The minimum atomic E-state index is -1.52. The molecule has 108 valence electrons. The number of methoxy groups -OCH3 is 2. The van der Waals surface area contributed by atoms with E-state index in [1.165, 1.54) is 14.2 Å². The summed E-state index contributed by atoms with van der Waals surface area (Å²) in [6, 6.07) is 0.963. The summed E-state index contributed by atoms with van der Waals surface area (Å²) in [5, 5.41) is 22.3. The summed E-state index contributed by atoms with van der Waals surface area (Å²) in [6.07, 6.45) is 0. The van der Waals surface area contributed by atoms with Gasteiger partial charge in [0.2, 0.25) is 5.91 Å². The molecule has 0 fully saturated rings. The van der Waals surface area contributed by atoms with E-state index in [0.717, 1.165) is 13.0 Å². The molecule has 0 bridgehead atoms. The summed E-state index contributed by atoms with van der Waals surface area (Å²) < 4.78 is 9.88. The molecule has 9 nitrogen and oxygen atoms in total. The summed E-state index contributed by atoms with van der Waals surface area (Å²) in [5.74, 6) is -2.31. The molecule has 20 heavy (non-hydrogen) atoms. The lowest BCUT2D eigenvalue weighted by Crippen LogP contribution is -2.13. The van der Waals surface area contributed by atoms with Crippen LogP contribution in [0.2, 0.25) is 0 Å². The van der Waals surface area contributed by atoms with Crippen molar-refractivity contribution in [2.24, 2.45) is 0 Å². The monoisotopic (exact) mass is 284 g/mol. The number of carbonyl (C=O) groups excluding carboxylic acids is 1. The van der Waals surface area contributed by atoms with Gasteiger partial charge in [0.05, 0.1) is 19.1 Å². The third kappa shape index (κ3) is 2.76. The molecule has 9 heteroatoms. The maximum absolute atomic E-state index is 11.2. The molecular formula is C11H12N2O7. The van der Waals surface area contributed by atoms with Crippen LogP contribution in [0.25, 0.3) is 0 Å². The van der Waals surface area contributed by atoms with Crippen molar-refractivity contribution in [2.75, 3.05) is 19.5 Å². The SMILES string of the molecule is COc1cc(C(=O)O)c([N+](=O)[O-])c(NC(C)=O)c1OC. The van der Waals surface area contributed by atoms with Crippen LogP contribution in [0.4, 0.5) is 11.4 Å². The zero-order valence-corrected chi connectivity index (χ0v) is 10.9. The number of aromatic carboxylic acids is 1. The third-order valence-electron chi connectivity index (χ3n) is 2.36. The highest BCUT2D eigenvalue weighted by Gasteiger charge is 2.31. The van der Waals surface area contributed by atoms with Crippen LogP contribution in [0, 0.1) is 10.1 Å². The molecule has 1 aromatic rings. The lowest BCUT2D eigenvalue weighted by Gasteiger charge is -2.14. The van der Waals surface area contributed by atoms with Crippen molar-refractivity contribution in [2.45, 2.75) is 6.92 Å². The lowest BCUT2D eigenvalue weighted by molar-refractivity contribution is -0.384. The first-order chi connectivity index (χ1) is 9.33. The molecule has 1 aromatic carbocycles. The number of rotatable bonds is 5. The van der Waals surface area contributed by atoms with E-state index in [1.54, 1.807) is 0 Å². The van der Waals surface area contributed by atoms with Gasteiger partial charge in [-0.05, 0) is 0 Å². The number of amides is 1. The zero-order chi connectivity index (χ0) is 15.4. The Morgan fingerprint density at radius 3 is 2.30 bits per heavy atom. The number of ether oxygens (including phenoxy) is 2. The van der Waals surface area contributed by atoms with Crippen molar-refractivity contribution in [3.05, 3.63) is 21.7 Å². The van der Waals surface area contributed by atoms with Crippen LogP contribution in [0.3, 0.4) is 0 Å². The fourth-order valence-corrected chi connectivity index (χ4v) is 1.63. The van der Waals surface area contributed by atoms with Gasteiger partial charge in [-0.3, -0.25) is 14.9 Å². The standard InChI is InChI=1S/C11H12N2O7/c1-5(14)12-8-9(13(17)18)6(11(15)16)4-7(19-2)10(8)20-3/h4H,1-3H3,(H,12,14)(H,15,16). The van der Waals surface area contributed by atoms with E-state index in [1.807, 2.05) is 0 Å². The molecule has 0 aliphatic heterocycles. The van der Waals surface area contributed by atoms with E-state index in [4.69, 9.17) is 14.6 Å². The predicted molar refractivity (Wildman–Crippen MR) is 67.5 cm³/mol. The number of carbonyl (C=O) groups is 2. The molecule has 0 aliphatic carbocycles. The zero-order valence-electron chi connectivity index (χ0n) is 10.9. The second kappa shape index (κ2) is 5.87. The number of benzene rings is 1. The van der Waals surface area contributed by atoms with E-state index in [9.17, 15) is 19.7 Å². The fourth-order valence-electron chi connectivity index (χ4n) is 1.63. The van der Waals surface area contributed by atoms with Crippen LogP contribution in [-0.2, 0) is 4.79 Å². The van der Waals surface area contributed by atoms with Crippen molar-refractivity contribution >= 4 is 23.3 Å². The molecule has 0 aromatic heterocycles. The summed E-state index contributed by atoms with van der Waals surface area (Å²) in [6.45, 7) is 1.13. The van der Waals surface area contributed by atoms with Crippen molar-refractivity contribution < 1.29 is 29.1 Å². The van der Waals surface area contributed by atoms with Gasteiger partial charge in [-0.25, -0.2) is 4.79 Å². The number of carboxylic acid groups (broad SMARTS) is 1. The Labute approximate surface area is 113 Å². The summed E-state index contributed by atoms with van der Waals surface area (Å²) >= 11 is 0. The van der Waals surface area contributed by atoms with Gasteiger partial charge in [-0.1, -0.05) is 0 Å². The van der Waals surface area contributed by atoms with Crippen LogP contribution in [0.15, 0.2) is 6.07 Å². The maximum Gasteiger partial charge on any atom is 0.342 e. The molecule has 1 rings (SSSR count). The molecule has 0 atom stereocenters. The molecule has 1 amide bonds. The van der Waals surface area contributed by atoms with Crippen molar-refractivity contribution in [3.63, 3.8) is 0 Å². The van der Waals surface area contributed by atoms with Gasteiger partial charge in [-0.15, -0.1) is 0 Å². The molecule has 0 heterocycles. The van der Waals surface area contributed by atoms with Crippen LogP contribution < -0.4 is 14.8 Å². The number of carboxylic acids is 1. The quantitative estimate of drug-likeness (QED) is 0.615. The number of nitro groups is 1. The van der Waals surface area contributed by atoms with Gasteiger partial charge < -0.3 is 19.9 Å². The first-order valence-electron chi connectivity index (χ1n) is 5.27. The smallest absolute Gasteiger partial charge is 0.342 e. The first kappa shape index (κ1) is 15.2. The second-order valence-corrected chi connectivity index (χ2v) is 3.63. The Hall–Kier alpha value is -2.84. The van der Waals surface area contributed by atoms with Crippen molar-refractivity contribution in [1.82, 2.24) is 0 Å². The number of anilines is 1. The predicted octanol–water partition coefficient (Wildman–Crippen LogP) is 1.27.